The summed E-state index contributed by atoms with van der Waals surface area (Å²) in [5.41, 5.74) is 1.11. The Morgan fingerprint density at radius 3 is 2.35 bits per heavy atom. The summed E-state index contributed by atoms with van der Waals surface area (Å²) in [6.07, 6.45) is 0.172. The van der Waals surface area contributed by atoms with E-state index in [1.807, 2.05) is 18.2 Å². The molecule has 0 spiro atoms. The fraction of sp³-hybridized carbons (Fsp3) is 0.423. The number of para-hydroxylation sites is 1. The summed E-state index contributed by atoms with van der Waals surface area (Å²) < 4.78 is 11.2. The van der Waals surface area contributed by atoms with Gasteiger partial charge in [-0.05, 0) is 78.6 Å². The lowest BCUT2D eigenvalue weighted by atomic mass is 9.99. The number of aliphatic hydroxyl groups is 2. The Kier molecular flexibility index (Phi) is 10.4. The van der Waals surface area contributed by atoms with Gasteiger partial charge in [-0.25, -0.2) is 4.79 Å². The molecule has 0 saturated carbocycles. The molecule has 2 aromatic carbocycles. The molecule has 0 radical (unpaired) electrons. The maximum atomic E-state index is 12.8. The zero-order valence-corrected chi connectivity index (χ0v) is 22.0. The Morgan fingerprint density at radius 2 is 1.70 bits per heavy atom. The minimum Gasteiger partial charge on any atom is -0.479 e. The summed E-state index contributed by atoms with van der Waals surface area (Å²) in [4.78, 5) is 36.9. The van der Waals surface area contributed by atoms with Crippen molar-refractivity contribution in [1.29, 1.82) is 0 Å². The SMILES string of the molecule is CCC[C@@H](C(=O)c1ccc2c(c1)OCO2)N1CCCC1.O=C(O)[C@H](O)[C@@H](O)C(=O)Nc1ccccc1Br. The fourth-order valence-corrected chi connectivity index (χ4v) is 4.48. The van der Waals surface area contributed by atoms with Crippen LogP contribution in [0, 0.1) is 0 Å². The van der Waals surface area contributed by atoms with Crippen molar-refractivity contribution in [3.63, 3.8) is 0 Å². The van der Waals surface area contributed by atoms with Crippen LogP contribution in [0.5, 0.6) is 11.5 Å². The number of aliphatic carboxylic acids is 1. The van der Waals surface area contributed by atoms with Gasteiger partial charge in [0, 0.05) is 10.0 Å². The number of amides is 1. The topological polar surface area (TPSA) is 146 Å². The average Bonchev–Trinajstić information content (AvgIpc) is 3.59. The quantitative estimate of drug-likeness (QED) is 0.330. The standard InChI is InChI=1S/C16H21NO3.C10H10BrNO5/c1-2-5-13(17-8-3-4-9-17)16(18)12-6-7-14-15(10-12)20-11-19-14;11-5-3-1-2-4-6(5)12-9(15)7(13)8(14)10(16)17/h6-7,10,13H,2-5,8-9,11H2,1H3;1-4,7-8,13-14H,(H,12,15)(H,16,17)/t13-;7-,8-/m01/s1. The molecule has 0 aliphatic carbocycles. The highest BCUT2D eigenvalue weighted by atomic mass is 79.9. The minimum absolute atomic E-state index is 0.0165. The lowest BCUT2D eigenvalue weighted by molar-refractivity contribution is -0.156. The van der Waals surface area contributed by atoms with Crippen molar-refractivity contribution in [2.45, 2.75) is 50.9 Å². The van der Waals surface area contributed by atoms with E-state index in [1.54, 1.807) is 24.3 Å². The Labute approximate surface area is 223 Å². The van der Waals surface area contributed by atoms with Crippen LogP contribution in [-0.2, 0) is 9.59 Å². The van der Waals surface area contributed by atoms with Gasteiger partial charge in [0.25, 0.3) is 5.91 Å². The second-order valence-electron chi connectivity index (χ2n) is 8.68. The molecule has 2 aliphatic heterocycles. The number of likely N-dealkylation sites (tertiary alicyclic amines) is 1. The van der Waals surface area contributed by atoms with Gasteiger partial charge in [-0.2, -0.15) is 0 Å². The molecule has 2 aromatic rings. The van der Waals surface area contributed by atoms with Crippen LogP contribution in [0.2, 0.25) is 0 Å². The molecule has 1 amide bonds. The van der Waals surface area contributed by atoms with Gasteiger partial charge in [0.1, 0.15) is 0 Å². The van der Waals surface area contributed by atoms with Crippen LogP contribution in [0.1, 0.15) is 43.0 Å². The molecule has 4 N–H and O–H groups in total. The van der Waals surface area contributed by atoms with Gasteiger partial charge in [-0.3, -0.25) is 14.5 Å². The normalized spacial score (nSPS) is 16.8. The van der Waals surface area contributed by atoms with Crippen LogP contribution in [-0.4, -0.2) is 76.0 Å². The van der Waals surface area contributed by atoms with Crippen LogP contribution in [0.15, 0.2) is 46.9 Å². The number of nitrogens with zero attached hydrogens (tertiary/aromatic N) is 1. The molecule has 10 nitrogen and oxygen atoms in total. The van der Waals surface area contributed by atoms with Crippen LogP contribution >= 0.6 is 15.9 Å². The molecule has 37 heavy (non-hydrogen) atoms. The molecular weight excluding hydrogens is 548 g/mol. The summed E-state index contributed by atoms with van der Waals surface area (Å²) in [5, 5.41) is 29.0. The number of benzene rings is 2. The van der Waals surface area contributed by atoms with Crippen molar-refractivity contribution in [1.82, 2.24) is 4.90 Å². The molecule has 0 aromatic heterocycles. The van der Waals surface area contributed by atoms with Crippen molar-refractivity contribution in [2.75, 3.05) is 25.2 Å². The number of hydrogen-bond acceptors (Lipinski definition) is 8. The van der Waals surface area contributed by atoms with Crippen LogP contribution in [0.25, 0.3) is 0 Å². The van der Waals surface area contributed by atoms with E-state index in [0.717, 1.165) is 37.2 Å². The number of hydrogen-bond donors (Lipinski definition) is 4. The summed E-state index contributed by atoms with van der Waals surface area (Å²) in [5.74, 6) is -1.03. The van der Waals surface area contributed by atoms with Crippen molar-refractivity contribution in [3.05, 3.63) is 52.5 Å². The zero-order chi connectivity index (χ0) is 26.9. The van der Waals surface area contributed by atoms with Gasteiger partial charge in [0.2, 0.25) is 6.79 Å². The number of ether oxygens (including phenoxy) is 2. The van der Waals surface area contributed by atoms with Gasteiger partial charge < -0.3 is 30.1 Å². The third-order valence-corrected chi connectivity index (χ3v) is 6.75. The number of carbonyl (C=O) groups excluding carboxylic acids is 2. The average molecular weight is 579 g/mol. The third-order valence-electron chi connectivity index (χ3n) is 6.06. The number of anilines is 1. The van der Waals surface area contributed by atoms with E-state index in [0.29, 0.717) is 15.9 Å². The first-order chi connectivity index (χ1) is 17.7. The van der Waals surface area contributed by atoms with E-state index in [1.165, 1.54) is 12.8 Å². The number of aliphatic hydroxyl groups excluding tert-OH is 2. The Balaban J connectivity index is 0.000000209. The number of nitrogens with one attached hydrogen (secondary N) is 1. The number of Topliss-reactive ketones (excluding diaryl/α,β-unsaturated/α-hetero) is 1. The summed E-state index contributed by atoms with van der Waals surface area (Å²) in [6, 6.07) is 12.1. The second-order valence-corrected chi connectivity index (χ2v) is 9.53. The van der Waals surface area contributed by atoms with Gasteiger partial charge in [0.05, 0.1) is 11.7 Å². The highest BCUT2D eigenvalue weighted by molar-refractivity contribution is 9.10. The summed E-state index contributed by atoms with van der Waals surface area (Å²) in [7, 11) is 0. The smallest absolute Gasteiger partial charge is 0.335 e. The second kappa shape index (κ2) is 13.5. The number of rotatable bonds is 9. The number of carboxylic acids is 1. The molecule has 0 bridgehead atoms. The highest BCUT2D eigenvalue weighted by Gasteiger charge is 2.30. The van der Waals surface area contributed by atoms with E-state index in [9.17, 15) is 19.5 Å². The number of carbonyl (C=O) groups is 3. The first kappa shape index (κ1) is 28.6. The molecule has 1 saturated heterocycles. The molecule has 2 aliphatic rings. The van der Waals surface area contributed by atoms with E-state index in [2.05, 4.69) is 33.1 Å². The largest absolute Gasteiger partial charge is 0.479 e. The summed E-state index contributed by atoms with van der Waals surface area (Å²) >= 11 is 3.16. The minimum atomic E-state index is -2.16. The highest BCUT2D eigenvalue weighted by Crippen LogP contribution is 2.33. The van der Waals surface area contributed by atoms with E-state index >= 15 is 0 Å². The Bertz CT molecular complexity index is 1110. The maximum Gasteiger partial charge on any atom is 0.335 e. The number of carboxylic acid groups (broad SMARTS) is 1. The van der Waals surface area contributed by atoms with Crippen molar-refractivity contribution >= 4 is 39.3 Å². The van der Waals surface area contributed by atoms with Crippen molar-refractivity contribution in [3.8, 4) is 11.5 Å². The number of ketones is 1. The predicted molar refractivity (Wildman–Crippen MR) is 139 cm³/mol. The van der Waals surface area contributed by atoms with E-state index < -0.39 is 24.1 Å². The first-order valence-electron chi connectivity index (χ1n) is 12.0. The lowest BCUT2D eigenvalue weighted by Crippen LogP contribution is -2.42. The predicted octanol–water partition coefficient (Wildman–Crippen LogP) is 3.06. The molecule has 4 rings (SSSR count). The monoisotopic (exact) mass is 578 g/mol. The molecule has 2 heterocycles. The fourth-order valence-electron chi connectivity index (χ4n) is 4.10. The Hall–Kier alpha value is -2.99. The molecular formula is C26H31BrN2O8. The van der Waals surface area contributed by atoms with Crippen LogP contribution in [0.3, 0.4) is 0 Å². The maximum absolute atomic E-state index is 12.8. The molecule has 0 unspecified atom stereocenters. The third kappa shape index (κ3) is 7.51. The van der Waals surface area contributed by atoms with Crippen LogP contribution in [0.4, 0.5) is 5.69 Å². The number of halogens is 1. The molecule has 11 heteroatoms. The molecule has 200 valence electrons. The first-order valence-corrected chi connectivity index (χ1v) is 12.8. The zero-order valence-electron chi connectivity index (χ0n) is 20.4. The van der Waals surface area contributed by atoms with Gasteiger partial charge in [-0.1, -0.05) is 25.5 Å². The number of fused-ring (bicyclic) bond motifs is 1. The molecule has 1 fully saturated rings. The lowest BCUT2D eigenvalue weighted by Gasteiger charge is -2.26. The Morgan fingerprint density at radius 1 is 1.03 bits per heavy atom. The van der Waals surface area contributed by atoms with Gasteiger partial charge in [0.15, 0.2) is 29.5 Å². The molecule has 3 atom stereocenters. The summed E-state index contributed by atoms with van der Waals surface area (Å²) in [6.45, 7) is 4.47. The van der Waals surface area contributed by atoms with Crippen molar-refractivity contribution in [2.24, 2.45) is 0 Å². The van der Waals surface area contributed by atoms with Crippen LogP contribution < -0.4 is 14.8 Å². The van der Waals surface area contributed by atoms with Gasteiger partial charge in [-0.15, -0.1) is 0 Å². The van der Waals surface area contributed by atoms with Crippen molar-refractivity contribution < 1.29 is 39.2 Å². The van der Waals surface area contributed by atoms with E-state index in [-0.39, 0.29) is 18.6 Å². The van der Waals surface area contributed by atoms with E-state index in [4.69, 9.17) is 19.7 Å². The van der Waals surface area contributed by atoms with Gasteiger partial charge >= 0.3 is 5.97 Å².